The first-order valence-electron chi connectivity index (χ1n) is 7.97. The maximum atomic E-state index is 12.2. The van der Waals surface area contributed by atoms with E-state index in [4.69, 9.17) is 32.7 Å². The molecule has 0 spiro atoms. The van der Waals surface area contributed by atoms with Crippen molar-refractivity contribution in [3.05, 3.63) is 45.1 Å². The van der Waals surface area contributed by atoms with Crippen molar-refractivity contribution in [3.8, 4) is 0 Å². The molecule has 1 aliphatic heterocycles. The first-order valence-corrected chi connectivity index (χ1v) is 8.72. The average molecular weight is 401 g/mol. The van der Waals surface area contributed by atoms with Crippen LogP contribution < -0.4 is 10.6 Å². The number of benzene rings is 1. The standard InChI is InChI=1S/C17H18Cl2N2O5/c1-3-12-14(16(23)25-4-2)13(21-17(24)20-12)8-26-15(22)10-6-5-9(18)7-11(10)19/h5-7,12H,3-4,8H2,1-2H3,(H2,20,21,24)/t12-/m0/s1. The summed E-state index contributed by atoms with van der Waals surface area (Å²) in [5.41, 5.74) is 0.531. The third kappa shape index (κ3) is 4.68. The molecule has 0 bridgehead atoms. The lowest BCUT2D eigenvalue weighted by molar-refractivity contribution is -0.139. The predicted molar refractivity (Wildman–Crippen MR) is 96.1 cm³/mol. The average Bonchev–Trinajstić information content (AvgIpc) is 2.59. The van der Waals surface area contributed by atoms with Crippen LogP contribution in [-0.2, 0) is 14.3 Å². The maximum absolute atomic E-state index is 12.2. The third-order valence-corrected chi connectivity index (χ3v) is 4.19. The van der Waals surface area contributed by atoms with E-state index in [9.17, 15) is 14.4 Å². The summed E-state index contributed by atoms with van der Waals surface area (Å²) in [5, 5.41) is 5.66. The molecule has 26 heavy (non-hydrogen) atoms. The van der Waals surface area contributed by atoms with Crippen LogP contribution in [0.3, 0.4) is 0 Å². The second kappa shape index (κ2) is 8.91. The predicted octanol–water partition coefficient (Wildman–Crippen LogP) is 3.06. The van der Waals surface area contributed by atoms with E-state index in [1.165, 1.54) is 18.2 Å². The normalized spacial score (nSPS) is 16.6. The molecule has 1 aromatic carbocycles. The van der Waals surface area contributed by atoms with E-state index < -0.39 is 24.0 Å². The fourth-order valence-corrected chi connectivity index (χ4v) is 2.93. The zero-order valence-electron chi connectivity index (χ0n) is 14.2. The van der Waals surface area contributed by atoms with Gasteiger partial charge in [0.15, 0.2) is 0 Å². The Morgan fingerprint density at radius 2 is 1.88 bits per heavy atom. The van der Waals surface area contributed by atoms with Crippen LogP contribution in [0.4, 0.5) is 4.79 Å². The molecule has 1 aromatic rings. The summed E-state index contributed by atoms with van der Waals surface area (Å²) < 4.78 is 10.3. The molecule has 1 aliphatic rings. The molecule has 0 saturated heterocycles. The Morgan fingerprint density at radius 1 is 1.15 bits per heavy atom. The molecule has 2 amide bonds. The lowest BCUT2D eigenvalue weighted by Crippen LogP contribution is -2.51. The molecule has 1 heterocycles. The van der Waals surface area contributed by atoms with Crippen LogP contribution in [0.5, 0.6) is 0 Å². The highest BCUT2D eigenvalue weighted by Crippen LogP contribution is 2.22. The largest absolute Gasteiger partial charge is 0.463 e. The van der Waals surface area contributed by atoms with Crippen LogP contribution in [0.15, 0.2) is 29.5 Å². The maximum Gasteiger partial charge on any atom is 0.340 e. The zero-order chi connectivity index (χ0) is 19.3. The van der Waals surface area contributed by atoms with Crippen molar-refractivity contribution in [3.63, 3.8) is 0 Å². The second-order valence-electron chi connectivity index (χ2n) is 5.37. The van der Waals surface area contributed by atoms with Gasteiger partial charge < -0.3 is 20.1 Å². The lowest BCUT2D eigenvalue weighted by atomic mass is 10.0. The first-order chi connectivity index (χ1) is 12.4. The van der Waals surface area contributed by atoms with Crippen LogP contribution >= 0.6 is 23.2 Å². The monoisotopic (exact) mass is 400 g/mol. The van der Waals surface area contributed by atoms with Gasteiger partial charge in [-0.05, 0) is 31.5 Å². The van der Waals surface area contributed by atoms with E-state index in [1.54, 1.807) is 6.92 Å². The second-order valence-corrected chi connectivity index (χ2v) is 6.22. The Kier molecular flexibility index (Phi) is 6.88. The summed E-state index contributed by atoms with van der Waals surface area (Å²) in [6.45, 7) is 3.36. The van der Waals surface area contributed by atoms with Crippen LogP contribution in [0.25, 0.3) is 0 Å². The van der Waals surface area contributed by atoms with Gasteiger partial charge in [-0.25, -0.2) is 14.4 Å². The summed E-state index contributed by atoms with van der Waals surface area (Å²) in [6, 6.07) is 3.34. The van der Waals surface area contributed by atoms with Crippen molar-refractivity contribution >= 4 is 41.2 Å². The van der Waals surface area contributed by atoms with Crippen molar-refractivity contribution in [1.29, 1.82) is 0 Å². The Morgan fingerprint density at radius 3 is 2.50 bits per heavy atom. The molecule has 0 aromatic heterocycles. The number of ether oxygens (including phenoxy) is 2. The molecular weight excluding hydrogens is 383 g/mol. The van der Waals surface area contributed by atoms with E-state index >= 15 is 0 Å². The SMILES string of the molecule is CCOC(=O)C1=C(COC(=O)c2ccc(Cl)cc2Cl)NC(=O)N[C@H]1CC. The minimum absolute atomic E-state index is 0.127. The number of esters is 2. The van der Waals surface area contributed by atoms with Crippen LogP contribution in [-0.4, -0.2) is 37.2 Å². The number of urea groups is 1. The van der Waals surface area contributed by atoms with E-state index in [1.807, 2.05) is 6.92 Å². The van der Waals surface area contributed by atoms with Crippen LogP contribution in [0, 0.1) is 0 Å². The topological polar surface area (TPSA) is 93.7 Å². The van der Waals surface area contributed by atoms with Gasteiger partial charge in [0.05, 0.1) is 34.5 Å². The van der Waals surface area contributed by atoms with Crippen molar-refractivity contribution in [1.82, 2.24) is 10.6 Å². The quantitative estimate of drug-likeness (QED) is 0.715. The molecule has 0 fully saturated rings. The van der Waals surface area contributed by atoms with E-state index in [0.717, 1.165) is 0 Å². The van der Waals surface area contributed by atoms with Crippen LogP contribution in [0.2, 0.25) is 10.0 Å². The third-order valence-electron chi connectivity index (χ3n) is 3.65. The molecule has 0 aliphatic carbocycles. The summed E-state index contributed by atoms with van der Waals surface area (Å²) in [6.07, 6.45) is 0.474. The van der Waals surface area contributed by atoms with Gasteiger partial charge in [0.1, 0.15) is 6.61 Å². The Labute approximate surface area is 160 Å². The van der Waals surface area contributed by atoms with Crippen LogP contribution in [0.1, 0.15) is 30.6 Å². The lowest BCUT2D eigenvalue weighted by Gasteiger charge is -2.28. The van der Waals surface area contributed by atoms with Crippen molar-refractivity contribution in [2.45, 2.75) is 26.3 Å². The fraction of sp³-hybridized carbons (Fsp3) is 0.353. The number of carbonyl (C=O) groups is 3. The van der Waals surface area contributed by atoms with E-state index in [-0.39, 0.29) is 35.1 Å². The van der Waals surface area contributed by atoms with Gasteiger partial charge in [-0.15, -0.1) is 0 Å². The molecule has 0 unspecified atom stereocenters. The zero-order valence-corrected chi connectivity index (χ0v) is 15.7. The Bertz CT molecular complexity index is 764. The molecule has 2 N–H and O–H groups in total. The summed E-state index contributed by atoms with van der Waals surface area (Å²) >= 11 is 11.8. The number of carbonyl (C=O) groups excluding carboxylic acids is 3. The number of rotatable bonds is 6. The molecule has 9 heteroatoms. The molecule has 2 rings (SSSR count). The highest BCUT2D eigenvalue weighted by Gasteiger charge is 2.32. The van der Waals surface area contributed by atoms with Crippen molar-refractivity contribution < 1.29 is 23.9 Å². The highest BCUT2D eigenvalue weighted by atomic mass is 35.5. The number of nitrogens with one attached hydrogen (secondary N) is 2. The van der Waals surface area contributed by atoms with Crippen molar-refractivity contribution in [2.24, 2.45) is 0 Å². The number of amides is 2. The molecule has 140 valence electrons. The summed E-state index contributed by atoms with van der Waals surface area (Å²) in [5.74, 6) is -1.29. The first kappa shape index (κ1) is 20.1. The van der Waals surface area contributed by atoms with E-state index in [0.29, 0.717) is 11.4 Å². The molecule has 7 nitrogen and oxygen atoms in total. The van der Waals surface area contributed by atoms with Crippen molar-refractivity contribution in [2.75, 3.05) is 13.2 Å². The van der Waals surface area contributed by atoms with Gasteiger partial charge in [-0.1, -0.05) is 30.1 Å². The minimum atomic E-state index is -0.705. The number of hydrogen-bond acceptors (Lipinski definition) is 5. The molecule has 0 radical (unpaired) electrons. The van der Waals surface area contributed by atoms with Gasteiger partial charge in [0, 0.05) is 5.02 Å². The van der Waals surface area contributed by atoms with Gasteiger partial charge in [-0.2, -0.15) is 0 Å². The Balaban J connectivity index is 2.23. The van der Waals surface area contributed by atoms with Gasteiger partial charge in [0.25, 0.3) is 0 Å². The molecule has 1 atom stereocenters. The van der Waals surface area contributed by atoms with E-state index in [2.05, 4.69) is 10.6 Å². The highest BCUT2D eigenvalue weighted by molar-refractivity contribution is 6.36. The fourth-order valence-electron chi connectivity index (χ4n) is 2.45. The summed E-state index contributed by atoms with van der Waals surface area (Å²) in [7, 11) is 0. The molecule has 0 saturated carbocycles. The molecular formula is C17H18Cl2N2O5. The smallest absolute Gasteiger partial charge is 0.340 e. The number of hydrogen-bond donors (Lipinski definition) is 2. The summed E-state index contributed by atoms with van der Waals surface area (Å²) in [4.78, 5) is 36.3. The van der Waals surface area contributed by atoms with Gasteiger partial charge >= 0.3 is 18.0 Å². The van der Waals surface area contributed by atoms with Gasteiger partial charge in [-0.3, -0.25) is 0 Å². The minimum Gasteiger partial charge on any atom is -0.463 e. The Hall–Kier alpha value is -2.25. The number of halogens is 2. The van der Waals surface area contributed by atoms with Gasteiger partial charge in [0.2, 0.25) is 0 Å².